The Morgan fingerprint density at radius 1 is 1.22 bits per heavy atom. The summed E-state index contributed by atoms with van der Waals surface area (Å²) in [5, 5.41) is 23.1. The summed E-state index contributed by atoms with van der Waals surface area (Å²) in [5.74, 6) is -0.0504. The van der Waals surface area contributed by atoms with Crippen molar-refractivity contribution in [2.45, 2.75) is 89.8 Å². The molecule has 0 bridgehead atoms. The molecule has 9 heteroatoms. The topological polar surface area (TPSA) is 121 Å². The molecule has 0 spiro atoms. The lowest BCUT2D eigenvalue weighted by molar-refractivity contribution is -0.122. The molecule has 1 amide bonds. The van der Waals surface area contributed by atoms with Gasteiger partial charge in [0.25, 0.3) is 0 Å². The molecular weight excluding hydrogens is 450 g/mol. The number of hydrogen-bond donors (Lipinski definition) is 3. The summed E-state index contributed by atoms with van der Waals surface area (Å²) in [6.07, 6.45) is 12.1. The summed E-state index contributed by atoms with van der Waals surface area (Å²) in [6.45, 7) is 2.46. The Bertz CT molecular complexity index is 695. The predicted molar refractivity (Wildman–Crippen MR) is 130 cm³/mol. The third-order valence-electron chi connectivity index (χ3n) is 5.78. The molecule has 1 rings (SSSR count). The van der Waals surface area contributed by atoms with Crippen LogP contribution < -0.4 is 5.32 Å². The van der Waals surface area contributed by atoms with Crippen LogP contribution in [-0.2, 0) is 18.5 Å². The van der Waals surface area contributed by atoms with Crippen molar-refractivity contribution < 1.29 is 28.2 Å². The number of Topliss-reactive ketones (excluding diaryl/α,β-unsaturated/α-hetero) is 1. The van der Waals surface area contributed by atoms with Crippen LogP contribution in [0, 0.1) is 11.8 Å². The van der Waals surface area contributed by atoms with Crippen molar-refractivity contribution in [3.8, 4) is 0 Å². The van der Waals surface area contributed by atoms with E-state index in [0.717, 1.165) is 62.0 Å². The van der Waals surface area contributed by atoms with Gasteiger partial charge in [-0.25, -0.2) is 8.42 Å². The Kier molecular flexibility index (Phi) is 14.4. The van der Waals surface area contributed by atoms with Crippen molar-refractivity contribution in [2.24, 2.45) is 11.8 Å². The molecule has 3 N–H and O–H groups in total. The molecule has 7 nitrogen and oxygen atoms in total. The largest absolute Gasteiger partial charge is 0.392 e. The van der Waals surface area contributed by atoms with E-state index in [1.165, 1.54) is 0 Å². The fourth-order valence-corrected chi connectivity index (χ4v) is 5.67. The monoisotopic (exact) mass is 491 g/mol. The highest BCUT2D eigenvalue weighted by molar-refractivity contribution is 8.71. The van der Waals surface area contributed by atoms with Crippen LogP contribution in [-0.4, -0.2) is 61.1 Å². The van der Waals surface area contributed by atoms with Gasteiger partial charge in [0.05, 0.1) is 12.2 Å². The standard InChI is InChI=1S/C23H41NO6S2/c1-3-4-7-10-18(25)13-14-20-19(21(26)17-22(20)27)11-8-5-6-9-12-23(28)24-15-16-31-32(2,29)30/h13-14,18-20,22,25,27H,3-12,15-17H2,1-2H3,(H,24,28)/b14-13+/t18-,19+,20+,22+/m0/s1. The number of amides is 1. The van der Waals surface area contributed by atoms with Gasteiger partial charge >= 0.3 is 0 Å². The van der Waals surface area contributed by atoms with E-state index in [1.54, 1.807) is 6.08 Å². The Morgan fingerprint density at radius 2 is 1.94 bits per heavy atom. The summed E-state index contributed by atoms with van der Waals surface area (Å²) in [7, 11) is -2.25. The van der Waals surface area contributed by atoms with Gasteiger partial charge in [0, 0.05) is 43.2 Å². The van der Waals surface area contributed by atoms with Crippen molar-refractivity contribution in [1.82, 2.24) is 5.32 Å². The quantitative estimate of drug-likeness (QED) is 0.162. The second-order valence-electron chi connectivity index (χ2n) is 8.70. The highest BCUT2D eigenvalue weighted by atomic mass is 33.1. The van der Waals surface area contributed by atoms with Gasteiger partial charge in [0.1, 0.15) is 5.78 Å². The molecule has 0 unspecified atom stereocenters. The molecule has 0 aromatic carbocycles. The fraction of sp³-hybridized carbons (Fsp3) is 0.826. The van der Waals surface area contributed by atoms with Gasteiger partial charge in [-0.15, -0.1) is 0 Å². The number of ketones is 1. The Balaban J connectivity index is 2.24. The second-order valence-corrected chi connectivity index (χ2v) is 13.3. The van der Waals surface area contributed by atoms with Gasteiger partial charge in [0.15, 0.2) is 8.87 Å². The van der Waals surface area contributed by atoms with Crippen LogP contribution in [0.4, 0.5) is 0 Å². The minimum atomic E-state index is -3.07. The average Bonchev–Trinajstić information content (AvgIpc) is 2.98. The van der Waals surface area contributed by atoms with Crippen LogP contribution in [0.15, 0.2) is 12.2 Å². The summed E-state index contributed by atoms with van der Waals surface area (Å²) in [6, 6.07) is 0. The zero-order chi connectivity index (χ0) is 24.0. The smallest absolute Gasteiger partial charge is 0.220 e. The maximum Gasteiger partial charge on any atom is 0.220 e. The number of carbonyl (C=O) groups is 2. The lowest BCUT2D eigenvalue weighted by Gasteiger charge is -2.18. The average molecular weight is 492 g/mol. The predicted octanol–water partition coefficient (Wildman–Crippen LogP) is 3.20. The molecule has 0 heterocycles. The molecule has 0 aliphatic heterocycles. The molecule has 0 radical (unpaired) electrons. The lowest BCUT2D eigenvalue weighted by Crippen LogP contribution is -2.25. The summed E-state index contributed by atoms with van der Waals surface area (Å²) in [5.41, 5.74) is 0. The van der Waals surface area contributed by atoms with Gasteiger partial charge in [-0.1, -0.05) is 57.6 Å². The lowest BCUT2D eigenvalue weighted by atomic mass is 9.88. The van der Waals surface area contributed by atoms with Crippen molar-refractivity contribution in [3.05, 3.63) is 12.2 Å². The van der Waals surface area contributed by atoms with Crippen LogP contribution in [0.2, 0.25) is 0 Å². The molecule has 1 saturated carbocycles. The first-order valence-corrected chi connectivity index (χ1v) is 15.2. The van der Waals surface area contributed by atoms with Gasteiger partial charge in [-0.3, -0.25) is 9.59 Å². The Hall–Kier alpha value is -0.900. The van der Waals surface area contributed by atoms with Gasteiger partial charge < -0.3 is 15.5 Å². The minimum absolute atomic E-state index is 0.0733. The van der Waals surface area contributed by atoms with E-state index in [0.29, 0.717) is 31.6 Å². The van der Waals surface area contributed by atoms with Crippen molar-refractivity contribution in [3.63, 3.8) is 0 Å². The molecule has 1 aliphatic carbocycles. The van der Waals surface area contributed by atoms with E-state index in [4.69, 9.17) is 0 Å². The van der Waals surface area contributed by atoms with Gasteiger partial charge in [-0.2, -0.15) is 0 Å². The highest BCUT2D eigenvalue weighted by Gasteiger charge is 2.39. The second kappa shape index (κ2) is 15.9. The van der Waals surface area contributed by atoms with E-state index < -0.39 is 21.1 Å². The number of aliphatic hydroxyl groups is 2. The van der Waals surface area contributed by atoms with E-state index in [-0.39, 0.29) is 29.9 Å². The third kappa shape index (κ3) is 13.0. The van der Waals surface area contributed by atoms with Crippen LogP contribution in [0.3, 0.4) is 0 Å². The van der Waals surface area contributed by atoms with Crippen molar-refractivity contribution >= 4 is 31.4 Å². The molecule has 1 aliphatic rings. The van der Waals surface area contributed by atoms with Crippen LogP contribution >= 0.6 is 10.8 Å². The van der Waals surface area contributed by atoms with Crippen LogP contribution in [0.25, 0.3) is 0 Å². The summed E-state index contributed by atoms with van der Waals surface area (Å²) >= 11 is 0. The van der Waals surface area contributed by atoms with E-state index in [9.17, 15) is 28.2 Å². The first-order chi connectivity index (χ1) is 15.1. The van der Waals surface area contributed by atoms with Crippen molar-refractivity contribution in [2.75, 3.05) is 18.6 Å². The first-order valence-electron chi connectivity index (χ1n) is 11.8. The maximum absolute atomic E-state index is 12.3. The minimum Gasteiger partial charge on any atom is -0.392 e. The number of rotatable bonds is 17. The molecule has 0 aromatic rings. The van der Waals surface area contributed by atoms with E-state index in [1.807, 2.05) is 6.08 Å². The normalized spacial score (nSPS) is 22.5. The Morgan fingerprint density at radius 3 is 2.62 bits per heavy atom. The molecular formula is C23H41NO6S2. The molecule has 4 atom stereocenters. The van der Waals surface area contributed by atoms with Gasteiger partial charge in [-0.05, 0) is 30.1 Å². The first kappa shape index (κ1) is 29.1. The van der Waals surface area contributed by atoms with E-state index >= 15 is 0 Å². The third-order valence-corrected chi connectivity index (χ3v) is 8.37. The highest BCUT2D eigenvalue weighted by Crippen LogP contribution is 2.34. The maximum atomic E-state index is 12.3. The molecule has 186 valence electrons. The molecule has 1 fully saturated rings. The zero-order valence-electron chi connectivity index (χ0n) is 19.5. The number of carbonyl (C=O) groups excluding carboxylic acids is 2. The van der Waals surface area contributed by atoms with E-state index in [2.05, 4.69) is 12.2 Å². The van der Waals surface area contributed by atoms with Crippen LogP contribution in [0.5, 0.6) is 0 Å². The van der Waals surface area contributed by atoms with Gasteiger partial charge in [0.2, 0.25) is 5.91 Å². The Labute approximate surface area is 197 Å². The fourth-order valence-electron chi connectivity index (χ4n) is 4.02. The summed E-state index contributed by atoms with van der Waals surface area (Å²) < 4.78 is 22.0. The molecule has 32 heavy (non-hydrogen) atoms. The number of unbranched alkanes of at least 4 members (excludes halogenated alkanes) is 5. The summed E-state index contributed by atoms with van der Waals surface area (Å²) in [4.78, 5) is 24.1. The molecule has 0 aromatic heterocycles. The number of nitrogens with one attached hydrogen (secondary N) is 1. The van der Waals surface area contributed by atoms with Crippen molar-refractivity contribution in [1.29, 1.82) is 0 Å². The number of hydrogen-bond acceptors (Lipinski definition) is 7. The molecule has 0 saturated heterocycles. The number of aliphatic hydroxyl groups excluding tert-OH is 2. The van der Waals surface area contributed by atoms with Crippen LogP contribution in [0.1, 0.15) is 77.6 Å². The zero-order valence-corrected chi connectivity index (χ0v) is 21.1. The SMILES string of the molecule is CCCCC[C@H](O)/C=C/[C@H]1[C@H](O)CC(=O)[C@@H]1CCCCCCC(=O)NCCSS(C)(=O)=O.